The second kappa shape index (κ2) is 9.69. The molecule has 0 aliphatic rings. The smallest absolute Gasteiger partial charge is 0.407 e. The van der Waals surface area contributed by atoms with Gasteiger partial charge in [0.2, 0.25) is 9.05 Å². The summed E-state index contributed by atoms with van der Waals surface area (Å²) in [6.07, 6.45) is 2.30. The van der Waals surface area contributed by atoms with E-state index in [0.717, 1.165) is 18.4 Å². The normalized spacial score (nSPS) is 12.6. The molecule has 5 nitrogen and oxygen atoms in total. The highest BCUT2D eigenvalue weighted by Gasteiger charge is 2.16. The first-order chi connectivity index (χ1) is 10.4. The van der Waals surface area contributed by atoms with Crippen molar-refractivity contribution in [2.24, 2.45) is 0 Å². The van der Waals surface area contributed by atoms with Crippen molar-refractivity contribution in [2.75, 3.05) is 5.75 Å². The van der Waals surface area contributed by atoms with Crippen LogP contribution >= 0.6 is 10.7 Å². The Labute approximate surface area is 136 Å². The molecular formula is C15H22ClNO4S. The van der Waals surface area contributed by atoms with Crippen LogP contribution in [0, 0.1) is 0 Å². The molecule has 0 unspecified atom stereocenters. The van der Waals surface area contributed by atoms with Crippen LogP contribution in [0.15, 0.2) is 30.3 Å². The number of hydrogen-bond acceptors (Lipinski definition) is 4. The van der Waals surface area contributed by atoms with Gasteiger partial charge in [-0.25, -0.2) is 13.2 Å². The number of amides is 1. The fraction of sp³-hybridized carbons (Fsp3) is 0.533. The molecule has 0 radical (unpaired) electrons. The van der Waals surface area contributed by atoms with Gasteiger partial charge in [-0.15, -0.1) is 0 Å². The van der Waals surface area contributed by atoms with Gasteiger partial charge in [0.15, 0.2) is 0 Å². The molecule has 1 amide bonds. The summed E-state index contributed by atoms with van der Waals surface area (Å²) in [5.41, 5.74) is 0.895. The Morgan fingerprint density at radius 3 is 2.55 bits per heavy atom. The zero-order valence-corrected chi connectivity index (χ0v) is 14.2. The van der Waals surface area contributed by atoms with Crippen LogP contribution in [0.25, 0.3) is 0 Å². The van der Waals surface area contributed by atoms with Gasteiger partial charge in [0.05, 0.1) is 5.75 Å². The van der Waals surface area contributed by atoms with E-state index in [1.807, 2.05) is 37.3 Å². The highest BCUT2D eigenvalue weighted by Crippen LogP contribution is 2.09. The number of halogens is 1. The second-order valence-corrected chi connectivity index (χ2v) is 7.97. The van der Waals surface area contributed by atoms with E-state index in [9.17, 15) is 13.2 Å². The number of ether oxygens (including phenoxy) is 1. The molecule has 1 aromatic rings. The molecule has 0 saturated heterocycles. The molecule has 0 fully saturated rings. The predicted molar refractivity (Wildman–Crippen MR) is 87.3 cm³/mol. The van der Waals surface area contributed by atoms with E-state index in [1.165, 1.54) is 0 Å². The Hall–Kier alpha value is -1.27. The molecule has 0 heterocycles. The molecule has 1 rings (SSSR count). The minimum Gasteiger partial charge on any atom is -0.445 e. The molecule has 1 N–H and O–H groups in total. The molecule has 0 aromatic heterocycles. The van der Waals surface area contributed by atoms with E-state index in [0.29, 0.717) is 6.42 Å². The summed E-state index contributed by atoms with van der Waals surface area (Å²) in [5, 5.41) is 2.71. The third-order valence-corrected chi connectivity index (χ3v) is 4.34. The fourth-order valence-corrected chi connectivity index (χ4v) is 2.79. The molecule has 0 saturated carbocycles. The Morgan fingerprint density at radius 1 is 1.27 bits per heavy atom. The average molecular weight is 348 g/mol. The monoisotopic (exact) mass is 347 g/mol. The minimum atomic E-state index is -3.56. The third-order valence-electron chi connectivity index (χ3n) is 3.15. The van der Waals surface area contributed by atoms with Crippen molar-refractivity contribution in [1.29, 1.82) is 0 Å². The van der Waals surface area contributed by atoms with Gasteiger partial charge in [0.25, 0.3) is 0 Å². The molecule has 1 atom stereocenters. The van der Waals surface area contributed by atoms with Crippen LogP contribution in [-0.4, -0.2) is 26.3 Å². The van der Waals surface area contributed by atoms with Crippen LogP contribution in [0.5, 0.6) is 0 Å². The maximum absolute atomic E-state index is 11.8. The molecule has 0 aliphatic heterocycles. The largest absolute Gasteiger partial charge is 0.445 e. The predicted octanol–water partition coefficient (Wildman–Crippen LogP) is 3.43. The number of nitrogens with one attached hydrogen (secondary N) is 1. The maximum Gasteiger partial charge on any atom is 0.407 e. The van der Waals surface area contributed by atoms with Gasteiger partial charge in [0.1, 0.15) is 6.61 Å². The van der Waals surface area contributed by atoms with E-state index >= 15 is 0 Å². The highest BCUT2D eigenvalue weighted by atomic mass is 35.7. The Morgan fingerprint density at radius 2 is 1.95 bits per heavy atom. The number of benzene rings is 1. The topological polar surface area (TPSA) is 72.5 Å². The van der Waals surface area contributed by atoms with Crippen molar-refractivity contribution < 1.29 is 17.9 Å². The van der Waals surface area contributed by atoms with Gasteiger partial charge >= 0.3 is 6.09 Å². The van der Waals surface area contributed by atoms with Crippen LogP contribution < -0.4 is 5.32 Å². The molecule has 1 aromatic carbocycles. The summed E-state index contributed by atoms with van der Waals surface area (Å²) in [6, 6.07) is 9.09. The van der Waals surface area contributed by atoms with Crippen molar-refractivity contribution >= 4 is 25.8 Å². The second-order valence-electron chi connectivity index (χ2n) is 5.08. The molecule has 0 spiro atoms. The first-order valence-electron chi connectivity index (χ1n) is 7.30. The number of rotatable bonds is 9. The van der Waals surface area contributed by atoms with Gasteiger partial charge in [-0.05, 0) is 18.4 Å². The van der Waals surface area contributed by atoms with Gasteiger partial charge < -0.3 is 10.1 Å². The van der Waals surface area contributed by atoms with E-state index in [4.69, 9.17) is 15.4 Å². The number of alkyl carbamates (subject to hydrolysis) is 1. The lowest BCUT2D eigenvalue weighted by Gasteiger charge is -2.17. The first-order valence-corrected chi connectivity index (χ1v) is 9.78. The molecule has 124 valence electrons. The lowest BCUT2D eigenvalue weighted by Crippen LogP contribution is -2.36. The highest BCUT2D eigenvalue weighted by molar-refractivity contribution is 8.13. The van der Waals surface area contributed by atoms with Crippen LogP contribution in [0.3, 0.4) is 0 Å². The van der Waals surface area contributed by atoms with Crippen molar-refractivity contribution in [3.63, 3.8) is 0 Å². The molecule has 0 bridgehead atoms. The van der Waals surface area contributed by atoms with Gasteiger partial charge in [-0.3, -0.25) is 0 Å². The van der Waals surface area contributed by atoms with E-state index in [-0.39, 0.29) is 24.8 Å². The maximum atomic E-state index is 11.8. The van der Waals surface area contributed by atoms with E-state index in [2.05, 4.69) is 5.32 Å². The lowest BCUT2D eigenvalue weighted by molar-refractivity contribution is 0.134. The SMILES string of the molecule is CCCC[C@H](CCS(=O)(=O)Cl)NC(=O)OCc1ccccc1. The number of unbranched alkanes of at least 4 members (excludes halogenated alkanes) is 1. The summed E-state index contributed by atoms with van der Waals surface area (Å²) in [4.78, 5) is 11.8. The zero-order chi connectivity index (χ0) is 16.4. The quantitative estimate of drug-likeness (QED) is 0.694. The minimum absolute atomic E-state index is 0.165. The summed E-state index contributed by atoms with van der Waals surface area (Å²) in [7, 11) is 1.66. The first kappa shape index (κ1) is 18.8. The summed E-state index contributed by atoms with van der Waals surface area (Å²) < 4.78 is 27.2. The number of carbonyl (C=O) groups is 1. The molecule has 7 heteroatoms. The van der Waals surface area contributed by atoms with Crippen molar-refractivity contribution in [3.05, 3.63) is 35.9 Å². The number of carbonyl (C=O) groups excluding carboxylic acids is 1. The fourth-order valence-electron chi connectivity index (χ4n) is 1.95. The summed E-state index contributed by atoms with van der Waals surface area (Å²) in [6.45, 7) is 2.21. The summed E-state index contributed by atoms with van der Waals surface area (Å²) in [5.74, 6) is -0.165. The Balaban J connectivity index is 2.43. The van der Waals surface area contributed by atoms with Gasteiger partial charge in [-0.2, -0.15) is 0 Å². The van der Waals surface area contributed by atoms with Crippen molar-refractivity contribution in [1.82, 2.24) is 5.32 Å². The Bertz CT molecular complexity index is 548. The van der Waals surface area contributed by atoms with E-state index < -0.39 is 15.1 Å². The van der Waals surface area contributed by atoms with Crippen LogP contribution in [0.2, 0.25) is 0 Å². The third kappa shape index (κ3) is 8.89. The summed E-state index contributed by atoms with van der Waals surface area (Å²) >= 11 is 0. The van der Waals surface area contributed by atoms with Gasteiger partial charge in [0, 0.05) is 16.7 Å². The standard InChI is InChI=1S/C15H22ClNO4S/c1-2-3-9-14(10-11-22(16,19)20)17-15(18)21-12-13-7-5-4-6-8-13/h4-8,14H,2-3,9-12H2,1H3,(H,17,18)/t14-/m1/s1. The lowest BCUT2D eigenvalue weighted by atomic mass is 10.1. The zero-order valence-electron chi connectivity index (χ0n) is 12.6. The van der Waals surface area contributed by atoms with Crippen molar-refractivity contribution in [3.8, 4) is 0 Å². The van der Waals surface area contributed by atoms with Gasteiger partial charge in [-0.1, -0.05) is 50.1 Å². The van der Waals surface area contributed by atoms with E-state index in [1.54, 1.807) is 0 Å². The molecule has 0 aliphatic carbocycles. The molecule has 22 heavy (non-hydrogen) atoms. The number of hydrogen-bond donors (Lipinski definition) is 1. The van der Waals surface area contributed by atoms with Crippen LogP contribution in [0.4, 0.5) is 4.79 Å². The van der Waals surface area contributed by atoms with Crippen LogP contribution in [0.1, 0.15) is 38.2 Å². The van der Waals surface area contributed by atoms with Crippen LogP contribution in [-0.2, 0) is 20.4 Å². The Kier molecular flexibility index (Phi) is 8.27. The molecular weight excluding hydrogens is 326 g/mol. The average Bonchev–Trinajstić information content (AvgIpc) is 2.48. The van der Waals surface area contributed by atoms with Crippen molar-refractivity contribution in [2.45, 2.75) is 45.3 Å².